The van der Waals surface area contributed by atoms with Gasteiger partial charge in [0.05, 0.1) is 0 Å². The van der Waals surface area contributed by atoms with Gasteiger partial charge in [-0.15, -0.1) is 0 Å². The molecule has 0 bridgehead atoms. The quantitative estimate of drug-likeness (QED) is 0.569. The Balaban J connectivity index is 2.98. The van der Waals surface area contributed by atoms with Crippen LogP contribution >= 0.6 is 0 Å². The van der Waals surface area contributed by atoms with Crippen molar-refractivity contribution in [2.45, 2.75) is 47.1 Å². The molecule has 0 aromatic heterocycles. The topological polar surface area (TPSA) is 26.3 Å². The van der Waals surface area contributed by atoms with Crippen molar-refractivity contribution < 1.29 is 9.53 Å². The third kappa shape index (κ3) is 5.48. The highest BCUT2D eigenvalue weighted by Crippen LogP contribution is 2.28. The zero-order valence-electron chi connectivity index (χ0n) is 13.3. The van der Waals surface area contributed by atoms with E-state index in [1.807, 2.05) is 71.9 Å². The Hall–Kier alpha value is -1.75. The summed E-state index contributed by atoms with van der Waals surface area (Å²) in [6.07, 6.45) is 0. The molecule has 0 saturated carbocycles. The SMILES string of the molecule is CC(C)(C)OC(=O)C(C#Cc1ccccc1)C(C)(C)C. The van der Waals surface area contributed by atoms with Crippen molar-refractivity contribution in [3.05, 3.63) is 35.9 Å². The van der Waals surface area contributed by atoms with Crippen molar-refractivity contribution in [1.29, 1.82) is 0 Å². The van der Waals surface area contributed by atoms with Crippen LogP contribution < -0.4 is 0 Å². The number of carbonyl (C=O) groups is 1. The molecule has 0 aliphatic carbocycles. The normalized spacial score (nSPS) is 13.1. The molecule has 0 amide bonds. The van der Waals surface area contributed by atoms with Crippen molar-refractivity contribution >= 4 is 5.97 Å². The predicted octanol–water partition coefficient (Wildman–Crippen LogP) is 4.04. The zero-order valence-corrected chi connectivity index (χ0v) is 13.3. The third-order valence-corrected chi connectivity index (χ3v) is 2.64. The van der Waals surface area contributed by atoms with E-state index in [0.717, 1.165) is 5.56 Å². The number of esters is 1. The average molecular weight is 272 g/mol. The van der Waals surface area contributed by atoms with Crippen LogP contribution in [0.2, 0.25) is 0 Å². The van der Waals surface area contributed by atoms with Gasteiger partial charge in [0.15, 0.2) is 0 Å². The Morgan fingerprint density at radius 2 is 1.60 bits per heavy atom. The van der Waals surface area contributed by atoms with Gasteiger partial charge in [0, 0.05) is 5.56 Å². The minimum atomic E-state index is -0.491. The lowest BCUT2D eigenvalue weighted by molar-refractivity contribution is -0.160. The van der Waals surface area contributed by atoms with E-state index in [4.69, 9.17) is 4.74 Å². The van der Waals surface area contributed by atoms with Crippen LogP contribution in [0.25, 0.3) is 0 Å². The Morgan fingerprint density at radius 1 is 1.05 bits per heavy atom. The molecule has 0 heterocycles. The zero-order chi connectivity index (χ0) is 15.4. The van der Waals surface area contributed by atoms with Crippen LogP contribution in [0.15, 0.2) is 30.3 Å². The second-order valence-electron chi connectivity index (χ2n) is 6.97. The standard InChI is InChI=1S/C18H24O2/c1-17(2,3)15(16(19)20-18(4,5)6)13-12-14-10-8-7-9-11-14/h7-11,15H,1-6H3. The van der Waals surface area contributed by atoms with Gasteiger partial charge in [-0.25, -0.2) is 0 Å². The Labute approximate surface area is 122 Å². The molecular formula is C18H24O2. The smallest absolute Gasteiger partial charge is 0.322 e. The minimum Gasteiger partial charge on any atom is -0.459 e. The van der Waals surface area contributed by atoms with Crippen molar-refractivity contribution in [2.75, 3.05) is 0 Å². The summed E-state index contributed by atoms with van der Waals surface area (Å²) >= 11 is 0. The third-order valence-electron chi connectivity index (χ3n) is 2.64. The summed E-state index contributed by atoms with van der Waals surface area (Å²) in [5.41, 5.74) is 0.157. The van der Waals surface area contributed by atoms with E-state index in [9.17, 15) is 4.79 Å². The van der Waals surface area contributed by atoms with Crippen LogP contribution in [0.5, 0.6) is 0 Å². The molecule has 2 nitrogen and oxygen atoms in total. The van der Waals surface area contributed by atoms with Gasteiger partial charge in [0.2, 0.25) is 0 Å². The second-order valence-corrected chi connectivity index (χ2v) is 6.97. The molecule has 20 heavy (non-hydrogen) atoms. The molecule has 0 aliphatic heterocycles. The van der Waals surface area contributed by atoms with Gasteiger partial charge in [0.25, 0.3) is 0 Å². The highest BCUT2D eigenvalue weighted by atomic mass is 16.6. The lowest BCUT2D eigenvalue weighted by atomic mass is 9.81. The van der Waals surface area contributed by atoms with Crippen LogP contribution in [0, 0.1) is 23.2 Å². The maximum absolute atomic E-state index is 12.3. The number of hydrogen-bond donors (Lipinski definition) is 0. The highest BCUT2D eigenvalue weighted by molar-refractivity contribution is 5.77. The lowest BCUT2D eigenvalue weighted by Crippen LogP contribution is -2.34. The fourth-order valence-electron chi connectivity index (χ4n) is 1.67. The first-order valence-electron chi connectivity index (χ1n) is 6.89. The first-order valence-corrected chi connectivity index (χ1v) is 6.89. The van der Waals surface area contributed by atoms with E-state index in [0.29, 0.717) is 0 Å². The van der Waals surface area contributed by atoms with Crippen molar-refractivity contribution in [1.82, 2.24) is 0 Å². The summed E-state index contributed by atoms with van der Waals surface area (Å²) < 4.78 is 5.47. The summed E-state index contributed by atoms with van der Waals surface area (Å²) in [4.78, 5) is 12.3. The van der Waals surface area contributed by atoms with E-state index in [1.54, 1.807) is 0 Å². The molecule has 0 aliphatic rings. The predicted molar refractivity (Wildman–Crippen MR) is 82.1 cm³/mol. The molecule has 0 radical (unpaired) electrons. The number of carbonyl (C=O) groups excluding carboxylic acids is 1. The van der Waals surface area contributed by atoms with Gasteiger partial charge >= 0.3 is 5.97 Å². The molecule has 0 saturated heterocycles. The van der Waals surface area contributed by atoms with Gasteiger partial charge in [-0.1, -0.05) is 50.8 Å². The molecule has 1 atom stereocenters. The lowest BCUT2D eigenvalue weighted by Gasteiger charge is -2.28. The molecule has 1 rings (SSSR count). The largest absolute Gasteiger partial charge is 0.459 e. The van der Waals surface area contributed by atoms with E-state index in [2.05, 4.69) is 11.8 Å². The van der Waals surface area contributed by atoms with E-state index >= 15 is 0 Å². The van der Waals surface area contributed by atoms with Crippen LogP contribution in [-0.2, 0) is 9.53 Å². The summed E-state index contributed by atoms with van der Waals surface area (Å²) in [5.74, 6) is 5.44. The van der Waals surface area contributed by atoms with Crippen LogP contribution in [0.1, 0.15) is 47.1 Å². The highest BCUT2D eigenvalue weighted by Gasteiger charge is 2.33. The van der Waals surface area contributed by atoms with Crippen LogP contribution in [0.3, 0.4) is 0 Å². The maximum Gasteiger partial charge on any atom is 0.322 e. The molecule has 0 fully saturated rings. The molecule has 1 unspecified atom stereocenters. The Bertz CT molecular complexity index is 504. The van der Waals surface area contributed by atoms with Gasteiger partial charge in [-0.2, -0.15) is 0 Å². The van der Waals surface area contributed by atoms with Gasteiger partial charge in [0.1, 0.15) is 11.5 Å². The first-order chi connectivity index (χ1) is 9.09. The van der Waals surface area contributed by atoms with Gasteiger partial charge < -0.3 is 4.74 Å². The van der Waals surface area contributed by atoms with Gasteiger partial charge in [-0.3, -0.25) is 4.79 Å². The monoisotopic (exact) mass is 272 g/mol. The first kappa shape index (κ1) is 16.3. The fourth-order valence-corrected chi connectivity index (χ4v) is 1.67. The molecule has 2 heteroatoms. The second kappa shape index (κ2) is 6.13. The molecule has 108 valence electrons. The minimum absolute atomic E-state index is 0.256. The molecular weight excluding hydrogens is 248 g/mol. The fraction of sp³-hybridized carbons (Fsp3) is 0.500. The molecule has 0 N–H and O–H groups in total. The number of hydrogen-bond acceptors (Lipinski definition) is 2. The number of ether oxygens (including phenoxy) is 1. The van der Waals surface area contributed by atoms with E-state index in [-0.39, 0.29) is 11.4 Å². The molecule has 1 aromatic carbocycles. The molecule has 0 spiro atoms. The number of benzene rings is 1. The summed E-state index contributed by atoms with van der Waals surface area (Å²) in [6.45, 7) is 11.6. The van der Waals surface area contributed by atoms with Crippen LogP contribution in [-0.4, -0.2) is 11.6 Å². The number of rotatable bonds is 1. The van der Waals surface area contributed by atoms with Crippen LogP contribution in [0.4, 0.5) is 0 Å². The average Bonchev–Trinajstić information content (AvgIpc) is 2.26. The summed E-state index contributed by atoms with van der Waals surface area (Å²) in [5, 5.41) is 0. The Morgan fingerprint density at radius 3 is 2.05 bits per heavy atom. The Kier molecular flexibility index (Phi) is 5.00. The van der Waals surface area contributed by atoms with Crippen molar-refractivity contribution in [3.63, 3.8) is 0 Å². The summed E-state index contributed by atoms with van der Waals surface area (Å²) in [6, 6.07) is 9.68. The van der Waals surface area contributed by atoms with E-state index < -0.39 is 11.5 Å². The van der Waals surface area contributed by atoms with E-state index in [1.165, 1.54) is 0 Å². The molecule has 1 aromatic rings. The maximum atomic E-state index is 12.3. The van der Waals surface area contributed by atoms with Gasteiger partial charge in [-0.05, 0) is 38.3 Å². The van der Waals surface area contributed by atoms with Crippen molar-refractivity contribution in [3.8, 4) is 11.8 Å². The van der Waals surface area contributed by atoms with Crippen molar-refractivity contribution in [2.24, 2.45) is 11.3 Å². The summed E-state index contributed by atoms with van der Waals surface area (Å²) in [7, 11) is 0.